The maximum atomic E-state index is 12.3. The van der Waals surface area contributed by atoms with Crippen LogP contribution in [0.25, 0.3) is 0 Å². The van der Waals surface area contributed by atoms with Crippen LogP contribution in [0.15, 0.2) is 78.9 Å². The van der Waals surface area contributed by atoms with Crippen molar-refractivity contribution in [1.82, 2.24) is 10.9 Å². The van der Waals surface area contributed by atoms with Crippen molar-refractivity contribution in [2.45, 2.75) is 6.42 Å². The highest BCUT2D eigenvalue weighted by Gasteiger charge is 2.12. The van der Waals surface area contributed by atoms with Gasteiger partial charge in [-0.3, -0.25) is 20.4 Å². The van der Waals surface area contributed by atoms with E-state index in [-0.39, 0.29) is 5.91 Å². The highest BCUT2D eigenvalue weighted by Crippen LogP contribution is 2.14. The van der Waals surface area contributed by atoms with E-state index in [0.717, 1.165) is 9.99 Å². The molecule has 28 heavy (non-hydrogen) atoms. The number of carbonyl (C=O) groups is 2. The fraction of sp³-hybridized carbons (Fsp3) is 0.0909. The minimum Gasteiger partial charge on any atom is -0.493 e. The maximum Gasteiger partial charge on any atom is 0.270 e. The van der Waals surface area contributed by atoms with Crippen molar-refractivity contribution in [1.29, 1.82) is 0 Å². The molecule has 0 unspecified atom stereocenters. The number of halogens is 1. The predicted octanol–water partition coefficient (Wildman–Crippen LogP) is 3.99. The topological polar surface area (TPSA) is 67.4 Å². The number of rotatable bonds is 6. The first kappa shape index (κ1) is 19.9. The van der Waals surface area contributed by atoms with Gasteiger partial charge < -0.3 is 4.74 Å². The second-order valence-corrected chi connectivity index (χ2v) is 7.16. The average molecular weight is 486 g/mol. The van der Waals surface area contributed by atoms with E-state index in [9.17, 15) is 9.59 Å². The average Bonchev–Trinajstić information content (AvgIpc) is 2.73. The predicted molar refractivity (Wildman–Crippen MR) is 116 cm³/mol. The number of nitrogens with one attached hydrogen (secondary N) is 2. The number of hydrazine groups is 1. The standard InChI is InChI=1S/C22H19IN2O3/c23-20-12-5-4-11-19(20)22(27)25-24-21(26)17-9-6-10-18(15-17)28-14-13-16-7-2-1-3-8-16/h1-12,15H,13-14H2,(H,24,26)(H,25,27). The van der Waals surface area contributed by atoms with Crippen molar-refractivity contribution in [3.63, 3.8) is 0 Å². The summed E-state index contributed by atoms with van der Waals surface area (Å²) in [6.45, 7) is 0.512. The van der Waals surface area contributed by atoms with Crippen molar-refractivity contribution in [2.75, 3.05) is 6.61 Å². The molecule has 0 fully saturated rings. The maximum absolute atomic E-state index is 12.3. The van der Waals surface area contributed by atoms with Crippen LogP contribution in [0, 0.1) is 3.57 Å². The Bertz CT molecular complexity index is 961. The first-order valence-corrected chi connectivity index (χ1v) is 9.83. The number of hydrogen-bond acceptors (Lipinski definition) is 3. The summed E-state index contributed by atoms with van der Waals surface area (Å²) in [5, 5.41) is 0. The third-order valence-electron chi connectivity index (χ3n) is 4.01. The highest BCUT2D eigenvalue weighted by atomic mass is 127. The molecule has 0 aliphatic rings. The summed E-state index contributed by atoms with van der Waals surface area (Å²) in [5.41, 5.74) is 6.97. The van der Waals surface area contributed by atoms with Crippen LogP contribution >= 0.6 is 22.6 Å². The van der Waals surface area contributed by atoms with Crippen LogP contribution in [0.2, 0.25) is 0 Å². The zero-order valence-corrected chi connectivity index (χ0v) is 17.2. The molecule has 0 radical (unpaired) electrons. The van der Waals surface area contributed by atoms with E-state index in [4.69, 9.17) is 4.74 Å². The molecule has 0 saturated heterocycles. The van der Waals surface area contributed by atoms with Gasteiger partial charge in [0.2, 0.25) is 0 Å². The Morgan fingerprint density at radius 2 is 1.54 bits per heavy atom. The van der Waals surface area contributed by atoms with Crippen LogP contribution in [0.5, 0.6) is 5.75 Å². The monoisotopic (exact) mass is 486 g/mol. The molecular weight excluding hydrogens is 467 g/mol. The molecule has 0 saturated carbocycles. The summed E-state index contributed by atoms with van der Waals surface area (Å²) < 4.78 is 6.55. The molecule has 3 rings (SSSR count). The van der Waals surface area contributed by atoms with Gasteiger partial charge >= 0.3 is 0 Å². The van der Waals surface area contributed by atoms with Crippen molar-refractivity contribution in [3.05, 3.63) is 99.1 Å². The lowest BCUT2D eigenvalue weighted by Crippen LogP contribution is -2.41. The van der Waals surface area contributed by atoms with E-state index in [1.165, 1.54) is 5.56 Å². The van der Waals surface area contributed by atoms with E-state index in [2.05, 4.69) is 33.4 Å². The largest absolute Gasteiger partial charge is 0.493 e. The van der Waals surface area contributed by atoms with Crippen LogP contribution in [0.3, 0.4) is 0 Å². The molecule has 3 aromatic carbocycles. The number of amides is 2. The molecule has 0 atom stereocenters. The molecule has 0 spiro atoms. The minimum atomic E-state index is -0.409. The van der Waals surface area contributed by atoms with Crippen LogP contribution in [-0.4, -0.2) is 18.4 Å². The summed E-state index contributed by atoms with van der Waals surface area (Å²) in [4.78, 5) is 24.5. The molecule has 142 valence electrons. The highest BCUT2D eigenvalue weighted by molar-refractivity contribution is 14.1. The van der Waals surface area contributed by atoms with E-state index >= 15 is 0 Å². The number of hydrogen-bond donors (Lipinski definition) is 2. The fourth-order valence-electron chi connectivity index (χ4n) is 2.56. The molecule has 0 aliphatic heterocycles. The van der Waals surface area contributed by atoms with Gasteiger partial charge in [0.25, 0.3) is 11.8 Å². The van der Waals surface area contributed by atoms with Gasteiger partial charge in [0.1, 0.15) is 5.75 Å². The second kappa shape index (κ2) is 9.89. The molecule has 2 N–H and O–H groups in total. The Hall–Kier alpha value is -2.87. The summed E-state index contributed by atoms with van der Waals surface area (Å²) in [6, 6.07) is 24.1. The van der Waals surface area contributed by atoms with Crippen molar-refractivity contribution < 1.29 is 14.3 Å². The Kier molecular flexibility index (Phi) is 7.02. The van der Waals surface area contributed by atoms with Crippen LogP contribution in [0.4, 0.5) is 0 Å². The second-order valence-electron chi connectivity index (χ2n) is 6.00. The Balaban J connectivity index is 1.53. The van der Waals surface area contributed by atoms with Gasteiger partial charge in [-0.25, -0.2) is 0 Å². The van der Waals surface area contributed by atoms with Crippen LogP contribution in [-0.2, 0) is 6.42 Å². The van der Waals surface area contributed by atoms with Gasteiger partial charge in [-0.1, -0.05) is 48.5 Å². The normalized spacial score (nSPS) is 10.2. The number of carbonyl (C=O) groups excluding carboxylic acids is 2. The molecule has 6 heteroatoms. The smallest absolute Gasteiger partial charge is 0.270 e. The van der Waals surface area contributed by atoms with Gasteiger partial charge in [-0.2, -0.15) is 0 Å². The van der Waals surface area contributed by atoms with E-state index < -0.39 is 5.91 Å². The van der Waals surface area contributed by atoms with Crippen molar-refractivity contribution >= 4 is 34.4 Å². The lowest BCUT2D eigenvalue weighted by atomic mass is 10.2. The van der Waals surface area contributed by atoms with Gasteiger partial charge in [0.15, 0.2) is 0 Å². The first-order valence-electron chi connectivity index (χ1n) is 8.75. The quantitative estimate of drug-likeness (QED) is 0.409. The van der Waals surface area contributed by atoms with Crippen molar-refractivity contribution in [2.24, 2.45) is 0 Å². The fourth-order valence-corrected chi connectivity index (χ4v) is 3.19. The Labute approximate surface area is 177 Å². The molecule has 2 amide bonds. The Morgan fingerprint density at radius 1 is 0.821 bits per heavy atom. The zero-order valence-electron chi connectivity index (χ0n) is 15.0. The number of benzene rings is 3. The van der Waals surface area contributed by atoms with E-state index in [1.807, 2.05) is 42.5 Å². The molecule has 0 aliphatic carbocycles. The van der Waals surface area contributed by atoms with Gasteiger partial charge in [-0.05, 0) is 58.5 Å². The molecule has 0 heterocycles. The molecule has 5 nitrogen and oxygen atoms in total. The van der Waals surface area contributed by atoms with Crippen LogP contribution in [0.1, 0.15) is 26.3 Å². The molecule has 0 bridgehead atoms. The molecule has 0 aromatic heterocycles. The Morgan fingerprint density at radius 3 is 2.32 bits per heavy atom. The van der Waals surface area contributed by atoms with Gasteiger partial charge in [-0.15, -0.1) is 0 Å². The third kappa shape index (κ3) is 5.56. The SMILES string of the molecule is O=C(NNC(=O)c1ccccc1I)c1cccc(OCCc2ccccc2)c1. The summed E-state index contributed by atoms with van der Waals surface area (Å²) in [5.74, 6) is -0.172. The van der Waals surface area contributed by atoms with Crippen molar-refractivity contribution in [3.8, 4) is 5.75 Å². The summed E-state index contributed by atoms with van der Waals surface area (Å²) in [6.07, 6.45) is 0.781. The lowest BCUT2D eigenvalue weighted by molar-refractivity contribution is 0.0846. The van der Waals surface area contributed by atoms with Crippen LogP contribution < -0.4 is 15.6 Å². The van der Waals surface area contributed by atoms with Gasteiger partial charge in [0, 0.05) is 15.6 Å². The number of ether oxygens (including phenoxy) is 1. The molecular formula is C22H19IN2O3. The molecule has 3 aromatic rings. The summed E-state index contributed by atoms with van der Waals surface area (Å²) >= 11 is 2.08. The minimum absolute atomic E-state index is 0.367. The summed E-state index contributed by atoms with van der Waals surface area (Å²) in [7, 11) is 0. The zero-order chi connectivity index (χ0) is 19.8. The van der Waals surface area contributed by atoms with E-state index in [1.54, 1.807) is 36.4 Å². The first-order chi connectivity index (χ1) is 13.6. The lowest BCUT2D eigenvalue weighted by Gasteiger charge is -2.10. The third-order valence-corrected chi connectivity index (χ3v) is 4.95. The van der Waals surface area contributed by atoms with E-state index in [0.29, 0.717) is 23.5 Å². The van der Waals surface area contributed by atoms with Gasteiger partial charge in [0.05, 0.1) is 12.2 Å².